The molecule has 1 N–H and O–H groups in total. The van der Waals surface area contributed by atoms with Gasteiger partial charge in [0.15, 0.2) is 11.7 Å². The van der Waals surface area contributed by atoms with E-state index in [9.17, 15) is 14.4 Å². The van der Waals surface area contributed by atoms with Gasteiger partial charge in [-0.15, -0.1) is 11.3 Å². The monoisotopic (exact) mass is 402 g/mol. The normalized spacial score (nSPS) is 12.2. The Morgan fingerprint density at radius 1 is 1.25 bits per heavy atom. The molecule has 146 valence electrons. The van der Waals surface area contributed by atoms with E-state index in [1.165, 1.54) is 11.3 Å². The van der Waals surface area contributed by atoms with E-state index >= 15 is 0 Å². The fourth-order valence-electron chi connectivity index (χ4n) is 2.42. The Balaban J connectivity index is 1.48. The van der Waals surface area contributed by atoms with Crippen LogP contribution < -0.4 is 10.1 Å². The summed E-state index contributed by atoms with van der Waals surface area (Å²) in [6.07, 6.45) is 1.71. The first-order chi connectivity index (χ1) is 13.5. The number of nitrogens with zero attached hydrogens (tertiary/aromatic N) is 1. The number of benzene rings is 1. The molecule has 9 heteroatoms. The average Bonchev–Trinajstić information content (AvgIpc) is 3.12. The summed E-state index contributed by atoms with van der Waals surface area (Å²) < 4.78 is 15.4. The van der Waals surface area contributed by atoms with E-state index in [2.05, 4.69) is 10.3 Å². The van der Waals surface area contributed by atoms with Crippen LogP contribution in [0, 0.1) is 0 Å². The summed E-state index contributed by atoms with van der Waals surface area (Å²) in [4.78, 5) is 39.7. The number of esters is 2. The van der Waals surface area contributed by atoms with Crippen molar-refractivity contribution in [3.8, 4) is 5.75 Å². The van der Waals surface area contributed by atoms with Crippen LogP contribution in [-0.4, -0.2) is 42.7 Å². The highest BCUT2D eigenvalue weighted by Crippen LogP contribution is 2.26. The van der Waals surface area contributed by atoms with Gasteiger partial charge in [-0.25, -0.2) is 9.78 Å². The third kappa shape index (κ3) is 5.17. The number of para-hydroxylation sites is 1. The third-order valence-electron chi connectivity index (χ3n) is 3.66. The van der Waals surface area contributed by atoms with E-state index in [1.54, 1.807) is 18.4 Å². The zero-order valence-electron chi connectivity index (χ0n) is 15.1. The number of hydrogen-bond donors (Lipinski definition) is 1. The first kappa shape index (κ1) is 19.6. The molecular formula is C19H18N2O6S. The third-order valence-corrected chi connectivity index (χ3v) is 4.46. The number of aromatic nitrogens is 1. The predicted molar refractivity (Wildman–Crippen MR) is 102 cm³/mol. The SMILES string of the molecule is CCOC(=O)Cc1csc(NC(=O)COC(=O)C2=Cc3ccccc3OC2)n1. The standard InChI is InChI=1S/C19H18N2O6S/c1-2-25-17(23)8-14-11-28-19(20-14)21-16(22)10-27-18(24)13-7-12-5-3-4-6-15(12)26-9-13/h3-7,11H,2,8-10H2,1H3,(H,20,21,22). The summed E-state index contributed by atoms with van der Waals surface area (Å²) >= 11 is 1.17. The Bertz CT molecular complexity index is 921. The minimum absolute atomic E-state index is 0.0326. The number of hydrogen-bond acceptors (Lipinski definition) is 8. The van der Waals surface area contributed by atoms with Crippen LogP contribution in [0.1, 0.15) is 18.2 Å². The molecule has 2 aromatic rings. The van der Waals surface area contributed by atoms with Crippen molar-refractivity contribution < 1.29 is 28.6 Å². The summed E-state index contributed by atoms with van der Waals surface area (Å²) in [5.74, 6) is -0.835. The molecule has 0 radical (unpaired) electrons. The van der Waals surface area contributed by atoms with Crippen molar-refractivity contribution in [2.45, 2.75) is 13.3 Å². The molecular weight excluding hydrogens is 384 g/mol. The lowest BCUT2D eigenvalue weighted by molar-refractivity contribution is -0.143. The van der Waals surface area contributed by atoms with Crippen molar-refractivity contribution in [1.29, 1.82) is 0 Å². The Kier molecular flexibility index (Phi) is 6.38. The first-order valence-corrected chi connectivity index (χ1v) is 9.42. The molecule has 2 heterocycles. The summed E-state index contributed by atoms with van der Waals surface area (Å²) in [6, 6.07) is 7.32. The molecule has 1 aromatic heterocycles. The molecule has 1 amide bonds. The van der Waals surface area contributed by atoms with Crippen LogP contribution in [0.4, 0.5) is 5.13 Å². The Labute approximate surface area is 165 Å². The Morgan fingerprint density at radius 3 is 2.89 bits per heavy atom. The van der Waals surface area contributed by atoms with Crippen molar-refractivity contribution in [1.82, 2.24) is 4.98 Å². The Morgan fingerprint density at radius 2 is 2.07 bits per heavy atom. The van der Waals surface area contributed by atoms with Crippen LogP contribution >= 0.6 is 11.3 Å². The zero-order valence-corrected chi connectivity index (χ0v) is 15.9. The molecule has 1 aliphatic rings. The molecule has 0 saturated carbocycles. The second-order valence-electron chi connectivity index (χ2n) is 5.75. The number of amides is 1. The lowest BCUT2D eigenvalue weighted by Crippen LogP contribution is -2.23. The molecule has 1 aliphatic heterocycles. The van der Waals surface area contributed by atoms with Crippen molar-refractivity contribution >= 4 is 40.4 Å². The van der Waals surface area contributed by atoms with Crippen LogP contribution in [0.15, 0.2) is 35.2 Å². The molecule has 0 fully saturated rings. The van der Waals surface area contributed by atoms with Crippen molar-refractivity contribution in [2.75, 3.05) is 25.1 Å². The van der Waals surface area contributed by atoms with Crippen LogP contribution in [0.3, 0.4) is 0 Å². The first-order valence-electron chi connectivity index (χ1n) is 8.54. The maximum atomic E-state index is 12.1. The fourth-order valence-corrected chi connectivity index (χ4v) is 3.14. The minimum atomic E-state index is -0.619. The summed E-state index contributed by atoms with van der Waals surface area (Å²) in [6.45, 7) is 1.65. The minimum Gasteiger partial charge on any atom is -0.488 e. The molecule has 0 saturated heterocycles. The number of thiazole rings is 1. The smallest absolute Gasteiger partial charge is 0.338 e. The van der Waals surface area contributed by atoms with Gasteiger partial charge < -0.3 is 14.2 Å². The average molecular weight is 402 g/mol. The number of nitrogens with one attached hydrogen (secondary N) is 1. The molecule has 8 nitrogen and oxygen atoms in total. The fraction of sp³-hybridized carbons (Fsp3) is 0.263. The van der Waals surface area contributed by atoms with Crippen molar-refractivity contribution in [3.63, 3.8) is 0 Å². The highest BCUT2D eigenvalue weighted by atomic mass is 32.1. The molecule has 0 bridgehead atoms. The van der Waals surface area contributed by atoms with E-state index in [0.29, 0.717) is 28.8 Å². The van der Waals surface area contributed by atoms with Crippen molar-refractivity contribution in [3.05, 3.63) is 46.5 Å². The van der Waals surface area contributed by atoms with Crippen LogP contribution in [-0.2, 0) is 30.3 Å². The van der Waals surface area contributed by atoms with E-state index in [0.717, 1.165) is 5.56 Å². The van der Waals surface area contributed by atoms with Gasteiger partial charge in [-0.2, -0.15) is 0 Å². The predicted octanol–water partition coefficient (Wildman–Crippen LogP) is 2.21. The van der Waals surface area contributed by atoms with E-state index < -0.39 is 18.5 Å². The number of fused-ring (bicyclic) bond motifs is 1. The number of rotatable bonds is 7. The Hall–Kier alpha value is -3.20. The van der Waals surface area contributed by atoms with Gasteiger partial charge in [0.05, 0.1) is 24.3 Å². The number of carbonyl (C=O) groups is 3. The van der Waals surface area contributed by atoms with Gasteiger partial charge >= 0.3 is 11.9 Å². The van der Waals surface area contributed by atoms with Crippen LogP contribution in [0.5, 0.6) is 5.75 Å². The molecule has 0 spiro atoms. The van der Waals surface area contributed by atoms with Gasteiger partial charge in [-0.3, -0.25) is 14.9 Å². The highest BCUT2D eigenvalue weighted by Gasteiger charge is 2.19. The second-order valence-corrected chi connectivity index (χ2v) is 6.60. The lowest BCUT2D eigenvalue weighted by atomic mass is 10.1. The van der Waals surface area contributed by atoms with E-state index in [1.807, 2.05) is 24.3 Å². The summed E-state index contributed by atoms with van der Waals surface area (Å²) in [5.41, 5.74) is 1.61. The maximum absolute atomic E-state index is 12.1. The maximum Gasteiger partial charge on any atom is 0.338 e. The van der Waals surface area contributed by atoms with Gasteiger partial charge in [0.1, 0.15) is 12.4 Å². The van der Waals surface area contributed by atoms with E-state index in [-0.39, 0.29) is 19.0 Å². The molecule has 1 aromatic carbocycles. The van der Waals surface area contributed by atoms with Gasteiger partial charge in [0.25, 0.3) is 5.91 Å². The topological polar surface area (TPSA) is 104 Å². The van der Waals surface area contributed by atoms with Gasteiger partial charge in [-0.05, 0) is 19.1 Å². The highest BCUT2D eigenvalue weighted by molar-refractivity contribution is 7.13. The molecule has 0 unspecified atom stereocenters. The van der Waals surface area contributed by atoms with Crippen molar-refractivity contribution in [2.24, 2.45) is 0 Å². The second kappa shape index (κ2) is 9.14. The van der Waals surface area contributed by atoms with Gasteiger partial charge in [-0.1, -0.05) is 18.2 Å². The quantitative estimate of drug-likeness (QED) is 0.708. The summed E-state index contributed by atoms with van der Waals surface area (Å²) in [5, 5.41) is 4.50. The largest absolute Gasteiger partial charge is 0.488 e. The summed E-state index contributed by atoms with van der Waals surface area (Å²) in [7, 11) is 0. The van der Waals surface area contributed by atoms with Gasteiger partial charge in [0.2, 0.25) is 0 Å². The molecule has 28 heavy (non-hydrogen) atoms. The number of carbonyl (C=O) groups excluding carboxylic acids is 3. The zero-order chi connectivity index (χ0) is 19.9. The number of anilines is 1. The number of ether oxygens (including phenoxy) is 3. The molecule has 3 rings (SSSR count). The van der Waals surface area contributed by atoms with Crippen LogP contribution in [0.25, 0.3) is 6.08 Å². The molecule has 0 atom stereocenters. The lowest BCUT2D eigenvalue weighted by Gasteiger charge is -2.16. The van der Waals surface area contributed by atoms with Crippen LogP contribution in [0.2, 0.25) is 0 Å². The van der Waals surface area contributed by atoms with Gasteiger partial charge in [0, 0.05) is 10.9 Å². The van der Waals surface area contributed by atoms with E-state index in [4.69, 9.17) is 14.2 Å². The molecule has 0 aliphatic carbocycles.